The van der Waals surface area contributed by atoms with Crippen LogP contribution in [0.1, 0.15) is 5.56 Å². The van der Waals surface area contributed by atoms with Gasteiger partial charge in [-0.15, -0.1) is 0 Å². The summed E-state index contributed by atoms with van der Waals surface area (Å²) < 4.78 is 19.1. The Morgan fingerprint density at radius 2 is 1.95 bits per heavy atom. The molecule has 0 radical (unpaired) electrons. The first-order valence-corrected chi connectivity index (χ1v) is 6.68. The van der Waals surface area contributed by atoms with Gasteiger partial charge in [0.1, 0.15) is 11.5 Å². The van der Waals surface area contributed by atoms with Gasteiger partial charge in [0.25, 0.3) is 0 Å². The largest absolute Gasteiger partial charge is 0.391 e. The van der Waals surface area contributed by atoms with Crippen molar-refractivity contribution in [1.29, 1.82) is 0 Å². The average Bonchev–Trinajstić information content (AvgIpc) is 2.91. The van der Waals surface area contributed by atoms with Crippen LogP contribution in [0.25, 0.3) is 22.6 Å². The molecule has 0 fully saturated rings. The summed E-state index contributed by atoms with van der Waals surface area (Å²) in [5.74, 6) is -0.202. The summed E-state index contributed by atoms with van der Waals surface area (Å²) in [7, 11) is 0. The van der Waals surface area contributed by atoms with Crippen LogP contribution in [0.5, 0.6) is 0 Å². The fraction of sp³-hybridized carbons (Fsp3) is 0.0625. The van der Waals surface area contributed by atoms with Gasteiger partial charge in [-0.3, -0.25) is 0 Å². The van der Waals surface area contributed by atoms with Crippen molar-refractivity contribution >= 4 is 11.6 Å². The summed E-state index contributed by atoms with van der Waals surface area (Å²) in [5.41, 5.74) is 1.86. The van der Waals surface area contributed by atoms with Crippen LogP contribution < -0.4 is 0 Å². The van der Waals surface area contributed by atoms with E-state index in [-0.39, 0.29) is 17.9 Å². The van der Waals surface area contributed by atoms with E-state index >= 15 is 0 Å². The lowest BCUT2D eigenvalue weighted by molar-refractivity contribution is 0.281. The first-order chi connectivity index (χ1) is 10.2. The van der Waals surface area contributed by atoms with Gasteiger partial charge in [-0.1, -0.05) is 41.0 Å². The molecule has 0 unspecified atom stereocenters. The molecule has 0 aliphatic carbocycles. The lowest BCUT2D eigenvalue weighted by Crippen LogP contribution is -1.90. The Morgan fingerprint density at radius 1 is 1.14 bits per heavy atom. The van der Waals surface area contributed by atoms with Gasteiger partial charge in [0.15, 0.2) is 5.76 Å². The van der Waals surface area contributed by atoms with Crippen molar-refractivity contribution in [1.82, 2.24) is 5.16 Å². The molecular weight excluding hydrogens is 293 g/mol. The number of hydrogen-bond donors (Lipinski definition) is 1. The Bertz CT molecular complexity index is 785. The second kappa shape index (κ2) is 5.68. The number of halogens is 2. The highest BCUT2D eigenvalue weighted by molar-refractivity contribution is 6.30. The highest BCUT2D eigenvalue weighted by Crippen LogP contribution is 2.34. The number of nitrogens with zero attached hydrogens (tertiary/aromatic N) is 1. The Morgan fingerprint density at radius 3 is 2.67 bits per heavy atom. The van der Waals surface area contributed by atoms with E-state index in [1.165, 1.54) is 6.07 Å². The molecule has 0 spiro atoms. The zero-order valence-electron chi connectivity index (χ0n) is 10.9. The van der Waals surface area contributed by atoms with Crippen LogP contribution in [0.2, 0.25) is 5.02 Å². The minimum atomic E-state index is -0.430. The molecular formula is C16H11ClFNO2. The van der Waals surface area contributed by atoms with Crippen molar-refractivity contribution in [2.24, 2.45) is 0 Å². The minimum Gasteiger partial charge on any atom is -0.391 e. The highest BCUT2D eigenvalue weighted by atomic mass is 35.5. The third-order valence-electron chi connectivity index (χ3n) is 3.16. The third-order valence-corrected chi connectivity index (χ3v) is 3.40. The topological polar surface area (TPSA) is 46.3 Å². The summed E-state index contributed by atoms with van der Waals surface area (Å²) in [4.78, 5) is 0. The van der Waals surface area contributed by atoms with Crippen LogP contribution in [0.15, 0.2) is 53.1 Å². The fourth-order valence-electron chi connectivity index (χ4n) is 2.18. The Balaban J connectivity index is 2.16. The standard InChI is InChI=1S/C16H11ClFNO2/c17-11-5-3-4-10(8-11)15-13(9-20)16(21-19-15)12-6-1-2-7-14(12)18/h1-8,20H,9H2. The lowest BCUT2D eigenvalue weighted by Gasteiger charge is -2.02. The normalized spacial score (nSPS) is 10.8. The van der Waals surface area contributed by atoms with Crippen molar-refractivity contribution in [3.05, 3.63) is 64.9 Å². The van der Waals surface area contributed by atoms with Crippen LogP contribution >= 0.6 is 11.6 Å². The predicted molar refractivity (Wildman–Crippen MR) is 78.3 cm³/mol. The molecule has 1 aromatic heterocycles. The minimum absolute atomic E-state index is 0.227. The predicted octanol–water partition coefficient (Wildman–Crippen LogP) is 4.29. The van der Waals surface area contributed by atoms with E-state index in [1.807, 2.05) is 0 Å². The summed E-state index contributed by atoms with van der Waals surface area (Å²) in [5, 5.41) is 14.1. The first kappa shape index (κ1) is 13.8. The quantitative estimate of drug-likeness (QED) is 0.785. The van der Waals surface area contributed by atoms with Gasteiger partial charge in [0, 0.05) is 10.6 Å². The number of aromatic nitrogens is 1. The molecule has 106 valence electrons. The molecule has 0 aliphatic heterocycles. The second-order valence-electron chi connectivity index (χ2n) is 4.49. The summed E-state index contributed by atoms with van der Waals surface area (Å²) in [6, 6.07) is 13.2. The Kier molecular flexibility index (Phi) is 3.73. The van der Waals surface area contributed by atoms with E-state index < -0.39 is 5.82 Å². The van der Waals surface area contributed by atoms with Gasteiger partial charge in [0.05, 0.1) is 17.7 Å². The van der Waals surface area contributed by atoms with Crippen molar-refractivity contribution in [2.75, 3.05) is 0 Å². The maximum Gasteiger partial charge on any atom is 0.175 e. The SMILES string of the molecule is OCc1c(-c2cccc(Cl)c2)noc1-c1ccccc1F. The summed E-state index contributed by atoms with van der Waals surface area (Å²) in [6.07, 6.45) is 0. The monoisotopic (exact) mass is 303 g/mol. The summed E-state index contributed by atoms with van der Waals surface area (Å²) in [6.45, 7) is -0.311. The van der Waals surface area contributed by atoms with Crippen LogP contribution in [0.3, 0.4) is 0 Å². The molecule has 0 saturated carbocycles. The zero-order chi connectivity index (χ0) is 14.8. The van der Waals surface area contributed by atoms with Gasteiger partial charge >= 0.3 is 0 Å². The number of aliphatic hydroxyl groups excluding tert-OH is 1. The Hall–Kier alpha value is -2.17. The number of hydrogen-bond acceptors (Lipinski definition) is 3. The van der Waals surface area contributed by atoms with Gasteiger partial charge in [-0.2, -0.15) is 0 Å². The van der Waals surface area contributed by atoms with E-state index in [0.717, 1.165) is 0 Å². The van der Waals surface area contributed by atoms with Gasteiger partial charge < -0.3 is 9.63 Å². The zero-order valence-corrected chi connectivity index (χ0v) is 11.6. The maximum atomic E-state index is 13.9. The Labute approximate surface area is 125 Å². The van der Waals surface area contributed by atoms with Crippen molar-refractivity contribution in [3.63, 3.8) is 0 Å². The fourth-order valence-corrected chi connectivity index (χ4v) is 2.37. The molecule has 1 N–H and O–H groups in total. The maximum absolute atomic E-state index is 13.9. The van der Waals surface area contributed by atoms with E-state index in [1.54, 1.807) is 42.5 Å². The van der Waals surface area contributed by atoms with Crippen LogP contribution in [-0.2, 0) is 6.61 Å². The van der Waals surface area contributed by atoms with Gasteiger partial charge in [-0.05, 0) is 24.3 Å². The van der Waals surface area contributed by atoms with Crippen LogP contribution in [0, 0.1) is 5.82 Å². The molecule has 0 amide bonds. The van der Waals surface area contributed by atoms with Gasteiger partial charge in [-0.25, -0.2) is 4.39 Å². The average molecular weight is 304 g/mol. The number of aliphatic hydroxyl groups is 1. The van der Waals surface area contributed by atoms with Crippen molar-refractivity contribution in [3.8, 4) is 22.6 Å². The smallest absolute Gasteiger partial charge is 0.175 e. The molecule has 0 saturated heterocycles. The molecule has 3 aromatic rings. The van der Waals surface area contributed by atoms with Gasteiger partial charge in [0.2, 0.25) is 0 Å². The second-order valence-corrected chi connectivity index (χ2v) is 4.92. The molecule has 3 rings (SSSR count). The molecule has 0 aliphatic rings. The van der Waals surface area contributed by atoms with E-state index in [2.05, 4.69) is 5.16 Å². The van der Waals surface area contributed by atoms with E-state index in [4.69, 9.17) is 16.1 Å². The summed E-state index contributed by atoms with van der Waals surface area (Å²) >= 11 is 5.96. The first-order valence-electron chi connectivity index (χ1n) is 6.31. The highest BCUT2D eigenvalue weighted by Gasteiger charge is 2.20. The van der Waals surface area contributed by atoms with Crippen molar-refractivity contribution < 1.29 is 14.0 Å². The van der Waals surface area contributed by atoms with Crippen LogP contribution in [-0.4, -0.2) is 10.3 Å². The molecule has 1 heterocycles. The molecule has 0 atom stereocenters. The molecule has 0 bridgehead atoms. The lowest BCUT2D eigenvalue weighted by atomic mass is 10.0. The van der Waals surface area contributed by atoms with E-state index in [0.29, 0.717) is 21.8 Å². The molecule has 21 heavy (non-hydrogen) atoms. The van der Waals surface area contributed by atoms with Crippen LogP contribution in [0.4, 0.5) is 4.39 Å². The van der Waals surface area contributed by atoms with Crippen molar-refractivity contribution in [2.45, 2.75) is 6.61 Å². The number of benzene rings is 2. The molecule has 3 nitrogen and oxygen atoms in total. The van der Waals surface area contributed by atoms with E-state index in [9.17, 15) is 9.50 Å². The number of rotatable bonds is 3. The third kappa shape index (κ3) is 2.55. The molecule has 5 heteroatoms. The molecule has 2 aromatic carbocycles.